The van der Waals surface area contributed by atoms with Crippen LogP contribution in [0.3, 0.4) is 0 Å². The van der Waals surface area contributed by atoms with Crippen molar-refractivity contribution in [1.29, 1.82) is 0 Å². The van der Waals surface area contributed by atoms with Crippen molar-refractivity contribution in [3.8, 4) is 5.75 Å². The average Bonchev–Trinajstić information content (AvgIpc) is 2.70. The van der Waals surface area contributed by atoms with Crippen LogP contribution in [0.4, 0.5) is 18.9 Å². The molecule has 3 rings (SSSR count). The first-order chi connectivity index (χ1) is 10.8. The summed E-state index contributed by atoms with van der Waals surface area (Å²) in [4.78, 5) is 26.0. The normalized spacial score (nSPS) is 24.5. The maximum Gasteiger partial charge on any atom is 0.573 e. The lowest BCUT2D eigenvalue weighted by Crippen LogP contribution is -2.30. The number of rotatable bonds is 2. The van der Waals surface area contributed by atoms with Crippen LogP contribution in [0.2, 0.25) is 0 Å². The van der Waals surface area contributed by atoms with Crippen molar-refractivity contribution < 1.29 is 27.5 Å². The number of hydrogen-bond donors (Lipinski definition) is 0. The fourth-order valence-corrected chi connectivity index (χ4v) is 3.09. The molecule has 1 aromatic carbocycles. The molecule has 122 valence electrons. The second-order valence-corrected chi connectivity index (χ2v) is 5.76. The third kappa shape index (κ3) is 2.95. The molecule has 2 aliphatic rings. The molecule has 0 unspecified atom stereocenters. The SMILES string of the molecule is CC1=CC[C@@H]2C(=O)N(c3ccc(OC(F)(F)F)cc3)C(=O)[C@@H]2C1. The van der Waals surface area contributed by atoms with Crippen LogP contribution in [0.25, 0.3) is 0 Å². The van der Waals surface area contributed by atoms with E-state index < -0.39 is 12.1 Å². The zero-order valence-corrected chi connectivity index (χ0v) is 12.3. The number of halogens is 3. The number of carbonyl (C=O) groups excluding carboxylic acids is 2. The van der Waals surface area contributed by atoms with Gasteiger partial charge in [-0.25, -0.2) is 0 Å². The summed E-state index contributed by atoms with van der Waals surface area (Å²) in [5, 5.41) is 0. The Balaban J connectivity index is 1.82. The number of fused-ring (bicyclic) bond motifs is 1. The predicted octanol–water partition coefficient (Wildman–Crippen LogP) is 3.43. The fraction of sp³-hybridized carbons (Fsp3) is 0.375. The molecule has 0 spiro atoms. The number of benzene rings is 1. The fourth-order valence-electron chi connectivity index (χ4n) is 3.09. The van der Waals surface area contributed by atoms with Gasteiger partial charge in [-0.3, -0.25) is 14.5 Å². The molecule has 1 aliphatic heterocycles. The Hall–Kier alpha value is -2.31. The highest BCUT2D eigenvalue weighted by Gasteiger charge is 2.48. The molecule has 1 heterocycles. The minimum absolute atomic E-state index is 0.265. The molecule has 0 saturated carbocycles. The minimum atomic E-state index is -4.78. The maximum atomic E-state index is 12.5. The van der Waals surface area contributed by atoms with Gasteiger partial charge in [-0.2, -0.15) is 0 Å². The third-order valence-corrected chi connectivity index (χ3v) is 4.15. The number of imide groups is 1. The summed E-state index contributed by atoms with van der Waals surface area (Å²) >= 11 is 0. The molecular formula is C16H14F3NO3. The molecule has 1 aromatic rings. The highest BCUT2D eigenvalue weighted by molar-refractivity contribution is 6.22. The van der Waals surface area contributed by atoms with E-state index in [4.69, 9.17) is 0 Å². The third-order valence-electron chi connectivity index (χ3n) is 4.15. The number of ether oxygens (including phenoxy) is 1. The molecule has 1 fully saturated rings. The molecular weight excluding hydrogens is 311 g/mol. The lowest BCUT2D eigenvalue weighted by Gasteiger charge is -2.18. The second-order valence-electron chi connectivity index (χ2n) is 5.76. The van der Waals surface area contributed by atoms with E-state index >= 15 is 0 Å². The van der Waals surface area contributed by atoms with Gasteiger partial charge in [0.25, 0.3) is 0 Å². The van der Waals surface area contributed by atoms with E-state index in [1.807, 2.05) is 13.0 Å². The van der Waals surface area contributed by atoms with Crippen molar-refractivity contribution >= 4 is 17.5 Å². The van der Waals surface area contributed by atoms with Crippen LogP contribution in [0.5, 0.6) is 5.75 Å². The van der Waals surface area contributed by atoms with Crippen LogP contribution in [-0.4, -0.2) is 18.2 Å². The number of anilines is 1. The van der Waals surface area contributed by atoms with Crippen molar-refractivity contribution in [2.75, 3.05) is 4.90 Å². The Morgan fingerprint density at radius 1 is 1.09 bits per heavy atom. The van der Waals surface area contributed by atoms with Crippen LogP contribution in [0.15, 0.2) is 35.9 Å². The second kappa shape index (κ2) is 5.40. The largest absolute Gasteiger partial charge is 0.573 e. The van der Waals surface area contributed by atoms with Crippen LogP contribution < -0.4 is 9.64 Å². The number of amides is 2. The molecule has 0 radical (unpaired) electrons. The lowest BCUT2D eigenvalue weighted by molar-refractivity contribution is -0.274. The highest BCUT2D eigenvalue weighted by Crippen LogP contribution is 2.40. The van der Waals surface area contributed by atoms with Gasteiger partial charge in [-0.15, -0.1) is 13.2 Å². The topological polar surface area (TPSA) is 46.6 Å². The van der Waals surface area contributed by atoms with E-state index in [0.29, 0.717) is 12.8 Å². The molecule has 4 nitrogen and oxygen atoms in total. The standard InChI is InChI=1S/C16H14F3NO3/c1-9-2-7-12-13(8-9)15(22)20(14(12)21)10-3-5-11(6-4-10)23-16(17,18)19/h2-6,12-13H,7-8H2,1H3/t12-,13+/m0/s1. The van der Waals surface area contributed by atoms with Gasteiger partial charge >= 0.3 is 6.36 Å². The van der Waals surface area contributed by atoms with Crippen LogP contribution in [-0.2, 0) is 9.59 Å². The monoisotopic (exact) mass is 325 g/mol. The molecule has 0 N–H and O–H groups in total. The van der Waals surface area contributed by atoms with Crippen LogP contribution in [0, 0.1) is 11.8 Å². The van der Waals surface area contributed by atoms with Gasteiger partial charge in [0.2, 0.25) is 11.8 Å². The van der Waals surface area contributed by atoms with Gasteiger partial charge < -0.3 is 4.74 Å². The van der Waals surface area contributed by atoms with Crippen molar-refractivity contribution in [3.05, 3.63) is 35.9 Å². The summed E-state index contributed by atoms with van der Waals surface area (Å²) < 4.78 is 40.3. The van der Waals surface area contributed by atoms with Gasteiger partial charge in [0.05, 0.1) is 17.5 Å². The Morgan fingerprint density at radius 2 is 1.70 bits per heavy atom. The summed E-state index contributed by atoms with van der Waals surface area (Å²) in [6.07, 6.45) is -1.76. The summed E-state index contributed by atoms with van der Waals surface area (Å²) in [7, 11) is 0. The van der Waals surface area contributed by atoms with E-state index in [0.717, 1.165) is 22.6 Å². The summed E-state index contributed by atoms with van der Waals surface area (Å²) in [5.41, 5.74) is 1.34. The molecule has 0 bridgehead atoms. The first-order valence-corrected chi connectivity index (χ1v) is 7.15. The summed E-state index contributed by atoms with van der Waals surface area (Å²) in [6.45, 7) is 1.92. The van der Waals surface area contributed by atoms with E-state index in [2.05, 4.69) is 4.74 Å². The van der Waals surface area contributed by atoms with E-state index in [1.54, 1.807) is 0 Å². The van der Waals surface area contributed by atoms with Gasteiger partial charge in [0.1, 0.15) is 5.75 Å². The van der Waals surface area contributed by atoms with E-state index in [1.165, 1.54) is 12.1 Å². The number of nitrogens with zero attached hydrogens (tertiary/aromatic N) is 1. The van der Waals surface area contributed by atoms with Crippen molar-refractivity contribution in [2.45, 2.75) is 26.1 Å². The van der Waals surface area contributed by atoms with Crippen molar-refractivity contribution in [3.63, 3.8) is 0 Å². The quantitative estimate of drug-likeness (QED) is 0.618. The highest BCUT2D eigenvalue weighted by atomic mass is 19.4. The van der Waals surface area contributed by atoms with Crippen LogP contribution >= 0.6 is 0 Å². The molecule has 7 heteroatoms. The van der Waals surface area contributed by atoms with Crippen molar-refractivity contribution in [1.82, 2.24) is 0 Å². The Bertz CT molecular complexity index is 679. The van der Waals surface area contributed by atoms with Gasteiger partial charge in [-0.05, 0) is 44.0 Å². The summed E-state index contributed by atoms with van der Waals surface area (Å²) in [5.74, 6) is -1.74. The molecule has 23 heavy (non-hydrogen) atoms. The average molecular weight is 325 g/mol. The van der Waals surface area contributed by atoms with Gasteiger partial charge in [0, 0.05) is 0 Å². The zero-order valence-electron chi connectivity index (χ0n) is 12.3. The number of carbonyl (C=O) groups is 2. The van der Waals surface area contributed by atoms with Gasteiger partial charge in [-0.1, -0.05) is 11.6 Å². The zero-order chi connectivity index (χ0) is 16.8. The minimum Gasteiger partial charge on any atom is -0.406 e. The summed E-state index contributed by atoms with van der Waals surface area (Å²) in [6, 6.07) is 4.76. The Labute approximate surface area is 130 Å². The molecule has 1 aliphatic carbocycles. The van der Waals surface area contributed by atoms with E-state index in [9.17, 15) is 22.8 Å². The molecule has 1 saturated heterocycles. The van der Waals surface area contributed by atoms with E-state index in [-0.39, 0.29) is 29.3 Å². The lowest BCUT2D eigenvalue weighted by atomic mass is 9.82. The Kier molecular flexibility index (Phi) is 3.66. The molecule has 2 atom stereocenters. The number of alkyl halides is 3. The first-order valence-electron chi connectivity index (χ1n) is 7.15. The van der Waals surface area contributed by atoms with Gasteiger partial charge in [0.15, 0.2) is 0 Å². The number of allylic oxidation sites excluding steroid dienone is 2. The molecule has 2 amide bonds. The number of hydrogen-bond acceptors (Lipinski definition) is 3. The predicted molar refractivity (Wildman–Crippen MR) is 75.6 cm³/mol. The van der Waals surface area contributed by atoms with Crippen LogP contribution in [0.1, 0.15) is 19.8 Å². The van der Waals surface area contributed by atoms with Crippen molar-refractivity contribution in [2.24, 2.45) is 11.8 Å². The first kappa shape index (κ1) is 15.6. The maximum absolute atomic E-state index is 12.5. The molecule has 0 aromatic heterocycles. The smallest absolute Gasteiger partial charge is 0.406 e. The Morgan fingerprint density at radius 3 is 2.30 bits per heavy atom.